The first-order valence-electron chi connectivity index (χ1n) is 19.2. The van der Waals surface area contributed by atoms with Gasteiger partial charge in [-0.25, -0.2) is 9.59 Å². The summed E-state index contributed by atoms with van der Waals surface area (Å²) in [6.45, 7) is 11.9. The number of carbonyl (C=O) groups excluding carboxylic acids is 5. The molecule has 2 saturated carbocycles. The molecule has 0 aromatic heterocycles. The van der Waals surface area contributed by atoms with Gasteiger partial charge in [-0.1, -0.05) is 83.1 Å². The minimum absolute atomic E-state index is 0.0460. The summed E-state index contributed by atoms with van der Waals surface area (Å²) in [4.78, 5) is 69.1. The lowest BCUT2D eigenvalue weighted by molar-refractivity contribution is -0.346. The van der Waals surface area contributed by atoms with Crippen LogP contribution in [0.5, 0.6) is 0 Å². The topological polar surface area (TPSA) is 215 Å². The van der Waals surface area contributed by atoms with Crippen molar-refractivity contribution in [1.29, 1.82) is 0 Å². The molecule has 57 heavy (non-hydrogen) atoms. The Morgan fingerprint density at radius 2 is 1.54 bits per heavy atom. The maximum atomic E-state index is 14.9. The van der Waals surface area contributed by atoms with Crippen LogP contribution in [0.3, 0.4) is 0 Å². The number of ketones is 1. The Kier molecular flexibility index (Phi) is 10.9. The molecule has 0 spiro atoms. The van der Waals surface area contributed by atoms with Crippen LogP contribution in [-0.2, 0) is 38.1 Å². The Morgan fingerprint density at radius 3 is 2.09 bits per heavy atom. The van der Waals surface area contributed by atoms with Crippen LogP contribution in [-0.4, -0.2) is 104 Å². The smallest absolute Gasteiger partial charge is 0.338 e. The lowest BCUT2D eigenvalue weighted by atomic mass is 9.44. The van der Waals surface area contributed by atoms with Gasteiger partial charge >= 0.3 is 17.9 Å². The Bertz CT molecular complexity index is 1960. The zero-order valence-electron chi connectivity index (χ0n) is 33.5. The van der Waals surface area contributed by atoms with Gasteiger partial charge in [0.1, 0.15) is 30.0 Å². The molecule has 3 aliphatic carbocycles. The minimum atomic E-state index is -2.33. The van der Waals surface area contributed by atoms with E-state index >= 15 is 0 Å². The molecule has 2 aromatic carbocycles. The Labute approximate surface area is 331 Å². The molecular weight excluding hydrogens is 738 g/mol. The zero-order valence-corrected chi connectivity index (χ0v) is 33.5. The average Bonchev–Trinajstić information content (AvgIpc) is 3.15. The first kappa shape index (κ1) is 42.1. The van der Waals surface area contributed by atoms with Crippen molar-refractivity contribution in [3.63, 3.8) is 0 Å². The van der Waals surface area contributed by atoms with Crippen molar-refractivity contribution in [3.05, 3.63) is 82.9 Å². The van der Waals surface area contributed by atoms with Crippen molar-refractivity contribution in [1.82, 2.24) is 5.32 Å². The molecule has 2 bridgehead atoms. The standard InChI is InChI=1S/C43H53NO13/c1-22-26(55-37(51)32(48)30(24-15-11-9-12-16-24)44-38(52)39(3,4)5)20-43(53)35(56-36(50)25-17-13-10-14-18-25)33-41(8,34(49)31(47)29(22)40(43,6)7)27(46)19-28-42(33,21-54-28)57-23(2)45/h9-18,26-28,30-33,35,46-48,53H,19-21H2,1-8H3,(H,44,52)/t26-,27-,28+,30-,31+,32+,33-,35-,41+,42-,43+/m0/s1. The van der Waals surface area contributed by atoms with Crippen molar-refractivity contribution in [2.75, 3.05) is 6.61 Å². The number of carbonyl (C=O) groups is 5. The lowest BCUT2D eigenvalue weighted by Gasteiger charge is -2.67. The summed E-state index contributed by atoms with van der Waals surface area (Å²) in [5.41, 5.74) is -7.94. The molecule has 1 heterocycles. The molecule has 11 atom stereocenters. The molecule has 308 valence electrons. The summed E-state index contributed by atoms with van der Waals surface area (Å²) >= 11 is 0. The van der Waals surface area contributed by atoms with Crippen LogP contribution >= 0.6 is 0 Å². The van der Waals surface area contributed by atoms with Crippen LogP contribution in [0.1, 0.15) is 90.2 Å². The van der Waals surface area contributed by atoms with E-state index in [1.54, 1.807) is 83.1 Å². The van der Waals surface area contributed by atoms with Gasteiger partial charge in [0.15, 0.2) is 17.5 Å². The quantitative estimate of drug-likeness (QED) is 0.148. The van der Waals surface area contributed by atoms with E-state index in [0.717, 1.165) is 6.92 Å². The summed E-state index contributed by atoms with van der Waals surface area (Å²) in [5.74, 6) is -5.73. The number of rotatable bonds is 8. The summed E-state index contributed by atoms with van der Waals surface area (Å²) < 4.78 is 24.2. The summed E-state index contributed by atoms with van der Waals surface area (Å²) in [6.07, 6.45) is -10.4. The number of ether oxygens (including phenoxy) is 4. The van der Waals surface area contributed by atoms with Crippen LogP contribution in [0.4, 0.5) is 0 Å². The molecule has 0 unspecified atom stereocenters. The van der Waals surface area contributed by atoms with Gasteiger partial charge in [-0.15, -0.1) is 0 Å². The van der Waals surface area contributed by atoms with E-state index in [1.807, 2.05) is 0 Å². The van der Waals surface area contributed by atoms with Crippen LogP contribution in [0.15, 0.2) is 71.8 Å². The van der Waals surface area contributed by atoms with Gasteiger partial charge in [0.05, 0.1) is 35.6 Å². The summed E-state index contributed by atoms with van der Waals surface area (Å²) in [6, 6.07) is 15.0. The van der Waals surface area contributed by atoms with E-state index in [0.29, 0.717) is 5.56 Å². The number of amides is 1. The normalized spacial score (nSPS) is 34.1. The van der Waals surface area contributed by atoms with E-state index in [-0.39, 0.29) is 29.7 Å². The molecule has 6 rings (SSSR count). The van der Waals surface area contributed by atoms with Gasteiger partial charge in [-0.3, -0.25) is 14.4 Å². The predicted octanol–water partition coefficient (Wildman–Crippen LogP) is 2.90. The van der Waals surface area contributed by atoms with Crippen LogP contribution in [0, 0.1) is 22.2 Å². The monoisotopic (exact) mass is 791 g/mol. The van der Waals surface area contributed by atoms with Crippen LogP contribution in [0.2, 0.25) is 0 Å². The highest BCUT2D eigenvalue weighted by Gasteiger charge is 2.78. The molecule has 5 N–H and O–H groups in total. The molecule has 3 fully saturated rings. The number of aliphatic hydroxyl groups excluding tert-OH is 3. The Morgan fingerprint density at radius 1 is 0.947 bits per heavy atom. The first-order valence-corrected chi connectivity index (χ1v) is 19.2. The molecule has 14 nitrogen and oxygen atoms in total. The maximum Gasteiger partial charge on any atom is 0.338 e. The fourth-order valence-corrected chi connectivity index (χ4v) is 9.48. The third-order valence-electron chi connectivity index (χ3n) is 12.9. The van der Waals surface area contributed by atoms with Gasteiger partial charge in [0.2, 0.25) is 5.91 Å². The molecule has 1 amide bonds. The third-order valence-corrected chi connectivity index (χ3v) is 12.9. The third kappa shape index (κ3) is 6.78. The van der Waals surface area contributed by atoms with Gasteiger partial charge in [-0.05, 0) is 42.7 Å². The van der Waals surface area contributed by atoms with Crippen molar-refractivity contribution in [3.8, 4) is 0 Å². The van der Waals surface area contributed by atoms with E-state index in [9.17, 15) is 44.4 Å². The van der Waals surface area contributed by atoms with E-state index in [2.05, 4.69) is 5.32 Å². The molecule has 2 aromatic rings. The summed E-state index contributed by atoms with van der Waals surface area (Å²) in [7, 11) is 0. The largest absolute Gasteiger partial charge is 0.456 e. The van der Waals surface area contributed by atoms with Gasteiger partial charge in [-0.2, -0.15) is 0 Å². The SMILES string of the molecule is CC(=O)O[C@@]12CO[C@@H]1C[C@H](O)[C@@]1(C)C(=O)[C@H](O)C3=C(C)[C@@H](OC(=O)[C@H](O)[C@@H](NC(=O)C(C)(C)C)c4ccccc4)C[C@@](O)([C@@H](OC(=O)c4ccccc4)[C@H]21)C3(C)C. The van der Waals surface area contributed by atoms with Crippen molar-refractivity contribution in [2.24, 2.45) is 22.2 Å². The van der Waals surface area contributed by atoms with Crippen LogP contribution in [0.25, 0.3) is 0 Å². The van der Waals surface area contributed by atoms with Crippen LogP contribution < -0.4 is 5.32 Å². The number of aliphatic hydroxyl groups is 4. The fourth-order valence-electron chi connectivity index (χ4n) is 9.48. The molecule has 4 aliphatic rings. The zero-order chi connectivity index (χ0) is 42.0. The highest BCUT2D eigenvalue weighted by Crippen LogP contribution is 2.64. The lowest BCUT2D eigenvalue weighted by Crippen LogP contribution is -2.81. The molecule has 0 radical (unpaired) electrons. The number of nitrogens with one attached hydrogen (secondary N) is 1. The number of hydrogen-bond acceptors (Lipinski definition) is 13. The second kappa shape index (κ2) is 14.7. The first-order chi connectivity index (χ1) is 26.5. The number of Topliss-reactive ketones (excluding diaryl/α,β-unsaturated/α-hetero) is 1. The Hall–Kier alpha value is -4.47. The number of benzene rings is 2. The molecular formula is C43H53NO13. The van der Waals surface area contributed by atoms with Gasteiger partial charge in [0.25, 0.3) is 0 Å². The highest BCUT2D eigenvalue weighted by molar-refractivity contribution is 5.94. The van der Waals surface area contributed by atoms with Gasteiger partial charge in [0, 0.05) is 30.6 Å². The predicted molar refractivity (Wildman–Crippen MR) is 202 cm³/mol. The van der Waals surface area contributed by atoms with E-state index in [4.69, 9.17) is 18.9 Å². The fraction of sp³-hybridized carbons (Fsp3) is 0.558. The number of esters is 3. The van der Waals surface area contributed by atoms with E-state index < -0.39 is 112 Å². The van der Waals surface area contributed by atoms with E-state index in [1.165, 1.54) is 26.0 Å². The molecule has 1 saturated heterocycles. The average molecular weight is 792 g/mol. The number of fused-ring (bicyclic) bond motifs is 5. The second-order valence-electron chi connectivity index (χ2n) is 17.7. The molecule has 1 aliphatic heterocycles. The van der Waals surface area contributed by atoms with Crippen molar-refractivity contribution < 1.29 is 63.3 Å². The molecule has 14 heteroatoms. The van der Waals surface area contributed by atoms with Gasteiger partial charge < -0.3 is 44.7 Å². The highest BCUT2D eigenvalue weighted by atomic mass is 16.6. The number of hydrogen-bond donors (Lipinski definition) is 5. The minimum Gasteiger partial charge on any atom is -0.456 e. The summed E-state index contributed by atoms with van der Waals surface area (Å²) in [5, 5.41) is 51.8. The maximum absolute atomic E-state index is 14.9. The van der Waals surface area contributed by atoms with Crippen molar-refractivity contribution in [2.45, 2.75) is 122 Å². The van der Waals surface area contributed by atoms with Crippen molar-refractivity contribution >= 4 is 29.6 Å². The Balaban J connectivity index is 1.50. The second-order valence-corrected chi connectivity index (χ2v) is 17.7.